The van der Waals surface area contributed by atoms with Gasteiger partial charge in [0.25, 0.3) is 0 Å². The van der Waals surface area contributed by atoms with E-state index in [2.05, 4.69) is 40.5 Å². The van der Waals surface area contributed by atoms with Gasteiger partial charge in [0.05, 0.1) is 13.2 Å². The highest BCUT2D eigenvalue weighted by Gasteiger charge is 2.21. The van der Waals surface area contributed by atoms with Crippen molar-refractivity contribution in [3.63, 3.8) is 0 Å². The number of ether oxygens (including phenoxy) is 1. The highest BCUT2D eigenvalue weighted by molar-refractivity contribution is 5.13. The summed E-state index contributed by atoms with van der Waals surface area (Å²) in [6.07, 6.45) is 9.06. The first-order chi connectivity index (χ1) is 11.4. The molecule has 2 heterocycles. The van der Waals surface area contributed by atoms with E-state index in [1.54, 1.807) is 0 Å². The van der Waals surface area contributed by atoms with Crippen LogP contribution in [0.2, 0.25) is 0 Å². The first-order valence-corrected chi connectivity index (χ1v) is 8.75. The number of hydrogen-bond donors (Lipinski definition) is 0. The van der Waals surface area contributed by atoms with Gasteiger partial charge in [-0.2, -0.15) is 5.10 Å². The molecule has 1 aromatic heterocycles. The predicted octanol–water partition coefficient (Wildman–Crippen LogP) is 3.34. The van der Waals surface area contributed by atoms with E-state index >= 15 is 0 Å². The fraction of sp³-hybridized carbons (Fsp3) is 0.526. The zero-order chi connectivity index (χ0) is 15.7. The minimum Gasteiger partial charge on any atom is -0.375 e. The molecule has 0 saturated carbocycles. The maximum absolute atomic E-state index is 5.86. The highest BCUT2D eigenvalue weighted by atomic mass is 16.5. The Kier molecular flexibility index (Phi) is 6.24. The van der Waals surface area contributed by atoms with Gasteiger partial charge in [0, 0.05) is 31.5 Å². The largest absolute Gasteiger partial charge is 0.375 e. The summed E-state index contributed by atoms with van der Waals surface area (Å²) in [5.74, 6) is 0. The van der Waals surface area contributed by atoms with Crippen LogP contribution in [0, 0.1) is 0 Å². The molecule has 1 aliphatic heterocycles. The van der Waals surface area contributed by atoms with Crippen molar-refractivity contribution in [3.8, 4) is 0 Å². The lowest BCUT2D eigenvalue weighted by Gasteiger charge is -2.35. The lowest BCUT2D eigenvalue weighted by Crippen LogP contribution is -2.42. The van der Waals surface area contributed by atoms with Crippen LogP contribution < -0.4 is 0 Å². The molecular weight excluding hydrogens is 286 g/mol. The molecule has 0 N–H and O–H groups in total. The molecular formula is C19H27N3O. The summed E-state index contributed by atoms with van der Waals surface area (Å²) in [5.41, 5.74) is 1.25. The molecule has 0 unspecified atom stereocenters. The third-order valence-corrected chi connectivity index (χ3v) is 4.63. The van der Waals surface area contributed by atoms with E-state index < -0.39 is 0 Å². The lowest BCUT2D eigenvalue weighted by molar-refractivity contribution is 0.0602. The fourth-order valence-corrected chi connectivity index (χ4v) is 3.34. The van der Waals surface area contributed by atoms with Crippen molar-refractivity contribution in [3.05, 3.63) is 54.4 Å². The molecule has 0 spiro atoms. The molecule has 0 radical (unpaired) electrons. The molecule has 1 aliphatic rings. The van der Waals surface area contributed by atoms with E-state index in [4.69, 9.17) is 4.74 Å². The van der Waals surface area contributed by atoms with Gasteiger partial charge in [0.1, 0.15) is 0 Å². The van der Waals surface area contributed by atoms with Gasteiger partial charge in [-0.3, -0.25) is 9.58 Å². The second-order valence-corrected chi connectivity index (χ2v) is 6.28. The third-order valence-electron chi connectivity index (χ3n) is 4.63. The molecule has 0 aliphatic carbocycles. The van der Waals surface area contributed by atoms with Crippen molar-refractivity contribution >= 4 is 0 Å². The summed E-state index contributed by atoms with van der Waals surface area (Å²) in [5, 5.41) is 4.31. The summed E-state index contributed by atoms with van der Waals surface area (Å²) in [6, 6.07) is 13.1. The Labute approximate surface area is 139 Å². The van der Waals surface area contributed by atoms with Gasteiger partial charge in [-0.25, -0.2) is 0 Å². The Hall–Kier alpha value is -1.65. The molecule has 1 saturated heterocycles. The van der Waals surface area contributed by atoms with Gasteiger partial charge in [-0.1, -0.05) is 36.8 Å². The topological polar surface area (TPSA) is 30.3 Å². The number of aromatic nitrogens is 2. The predicted molar refractivity (Wildman–Crippen MR) is 92.2 cm³/mol. The molecule has 124 valence electrons. The van der Waals surface area contributed by atoms with E-state index in [-0.39, 0.29) is 0 Å². The first kappa shape index (κ1) is 16.2. The number of piperidine rings is 1. The number of nitrogens with zero attached hydrogens (tertiary/aromatic N) is 3. The molecule has 4 heteroatoms. The van der Waals surface area contributed by atoms with Crippen molar-refractivity contribution in [1.29, 1.82) is 0 Å². The standard InChI is InChI=1S/C19H27N3O/c1-2-7-18(8-3-1)17-23-16-15-21-12-5-4-9-19(21)10-14-22-13-6-11-20-22/h1-3,6-8,11,13,19H,4-5,9-10,12,14-17H2/t19-/m1/s1. The summed E-state index contributed by atoms with van der Waals surface area (Å²) in [4.78, 5) is 2.61. The van der Waals surface area contributed by atoms with Crippen LogP contribution in [-0.4, -0.2) is 40.4 Å². The van der Waals surface area contributed by atoms with Crippen LogP contribution in [0.3, 0.4) is 0 Å². The molecule has 1 atom stereocenters. The Morgan fingerprint density at radius 1 is 1.09 bits per heavy atom. The number of hydrogen-bond acceptors (Lipinski definition) is 3. The minimum atomic E-state index is 0.674. The van der Waals surface area contributed by atoms with Gasteiger partial charge in [0.15, 0.2) is 0 Å². The number of likely N-dealkylation sites (tertiary alicyclic amines) is 1. The molecule has 4 nitrogen and oxygen atoms in total. The number of rotatable bonds is 8. The highest BCUT2D eigenvalue weighted by Crippen LogP contribution is 2.20. The Morgan fingerprint density at radius 2 is 2.00 bits per heavy atom. The Bertz CT molecular complexity index is 541. The molecule has 23 heavy (non-hydrogen) atoms. The molecule has 1 aromatic carbocycles. The molecule has 2 aromatic rings. The van der Waals surface area contributed by atoms with Crippen LogP contribution in [0.1, 0.15) is 31.2 Å². The molecule has 3 rings (SSSR count). The zero-order valence-electron chi connectivity index (χ0n) is 13.8. The average Bonchev–Trinajstić information content (AvgIpc) is 3.12. The van der Waals surface area contributed by atoms with Gasteiger partial charge in [0.2, 0.25) is 0 Å². The van der Waals surface area contributed by atoms with Crippen molar-refractivity contribution in [2.45, 2.75) is 44.9 Å². The normalized spacial score (nSPS) is 19.0. The Morgan fingerprint density at radius 3 is 2.83 bits per heavy atom. The van der Waals surface area contributed by atoms with Crippen molar-refractivity contribution in [2.24, 2.45) is 0 Å². The summed E-state index contributed by atoms with van der Waals surface area (Å²) >= 11 is 0. The SMILES string of the molecule is c1ccc(COCCN2CCCC[C@@H]2CCn2cccn2)cc1. The average molecular weight is 313 g/mol. The quantitative estimate of drug-likeness (QED) is 0.700. The summed E-state index contributed by atoms with van der Waals surface area (Å²) < 4.78 is 7.90. The van der Waals surface area contributed by atoms with Crippen LogP contribution in [0.5, 0.6) is 0 Å². The van der Waals surface area contributed by atoms with Gasteiger partial charge >= 0.3 is 0 Å². The van der Waals surface area contributed by atoms with E-state index in [0.717, 1.165) is 19.7 Å². The van der Waals surface area contributed by atoms with Crippen LogP contribution in [-0.2, 0) is 17.9 Å². The van der Waals surface area contributed by atoms with Gasteiger partial charge < -0.3 is 4.74 Å². The van der Waals surface area contributed by atoms with Gasteiger partial charge in [-0.15, -0.1) is 0 Å². The van der Waals surface area contributed by atoms with Crippen LogP contribution >= 0.6 is 0 Å². The van der Waals surface area contributed by atoms with E-state index in [1.165, 1.54) is 37.8 Å². The number of benzene rings is 1. The second-order valence-electron chi connectivity index (χ2n) is 6.28. The van der Waals surface area contributed by atoms with Crippen LogP contribution in [0.15, 0.2) is 48.8 Å². The Balaban J connectivity index is 1.39. The zero-order valence-corrected chi connectivity index (χ0v) is 13.8. The summed E-state index contributed by atoms with van der Waals surface area (Å²) in [7, 11) is 0. The maximum Gasteiger partial charge on any atom is 0.0717 e. The van der Waals surface area contributed by atoms with Crippen molar-refractivity contribution in [2.75, 3.05) is 19.7 Å². The summed E-state index contributed by atoms with van der Waals surface area (Å²) in [6.45, 7) is 4.79. The second kappa shape index (κ2) is 8.85. The first-order valence-electron chi connectivity index (χ1n) is 8.75. The fourth-order valence-electron chi connectivity index (χ4n) is 3.34. The van der Waals surface area contributed by atoms with Crippen molar-refractivity contribution < 1.29 is 4.74 Å². The van der Waals surface area contributed by atoms with Crippen molar-refractivity contribution in [1.82, 2.24) is 14.7 Å². The lowest BCUT2D eigenvalue weighted by atomic mass is 9.99. The smallest absolute Gasteiger partial charge is 0.0717 e. The van der Waals surface area contributed by atoms with E-state index in [9.17, 15) is 0 Å². The van der Waals surface area contributed by atoms with E-state index in [1.807, 2.05) is 23.0 Å². The minimum absolute atomic E-state index is 0.674. The monoisotopic (exact) mass is 313 g/mol. The van der Waals surface area contributed by atoms with Gasteiger partial charge in [-0.05, 0) is 37.4 Å². The molecule has 0 bridgehead atoms. The molecule has 0 amide bonds. The van der Waals surface area contributed by atoms with E-state index in [0.29, 0.717) is 12.6 Å². The van der Waals surface area contributed by atoms with Crippen LogP contribution in [0.4, 0.5) is 0 Å². The maximum atomic E-state index is 5.86. The molecule has 1 fully saturated rings. The number of aryl methyl sites for hydroxylation is 1. The third kappa shape index (κ3) is 5.19. The van der Waals surface area contributed by atoms with Crippen LogP contribution in [0.25, 0.3) is 0 Å².